The Labute approximate surface area is 377 Å². The van der Waals surface area contributed by atoms with E-state index in [1.165, 1.54) is 0 Å². The van der Waals surface area contributed by atoms with Crippen LogP contribution in [0.5, 0.6) is 0 Å². The van der Waals surface area contributed by atoms with Gasteiger partial charge in [0.05, 0.1) is 53.3 Å². The third kappa shape index (κ3) is 12.9. The molecular weight excluding hydrogens is 789 g/mol. The summed E-state index contributed by atoms with van der Waals surface area (Å²) in [6.45, 7) is 20.2. The highest BCUT2D eigenvalue weighted by molar-refractivity contribution is 5.85. The summed E-state index contributed by atoms with van der Waals surface area (Å²) in [6.07, 6.45) is 20.0. The van der Waals surface area contributed by atoms with Crippen LogP contribution in [0.3, 0.4) is 0 Å². The number of amides is 2. The van der Waals surface area contributed by atoms with Crippen molar-refractivity contribution in [2.45, 2.75) is 138 Å². The van der Waals surface area contributed by atoms with E-state index in [1.54, 1.807) is 6.20 Å². The van der Waals surface area contributed by atoms with Crippen LogP contribution in [-0.2, 0) is 32.2 Å². The molecule has 2 saturated carbocycles. The predicted molar refractivity (Wildman–Crippen MR) is 254 cm³/mol. The van der Waals surface area contributed by atoms with Crippen molar-refractivity contribution in [3.05, 3.63) is 72.6 Å². The number of nitrogens with one attached hydrogen (secondary N) is 4. The summed E-state index contributed by atoms with van der Waals surface area (Å²) in [5.41, 5.74) is 4.04. The van der Waals surface area contributed by atoms with Crippen LogP contribution in [0.1, 0.15) is 131 Å². The fraction of sp³-hybridized carbons (Fsp3) is 0.577. The number of hydrogen-bond acceptors (Lipinski definition) is 7. The highest BCUT2D eigenvalue weighted by Gasteiger charge is 2.59. The van der Waals surface area contributed by atoms with Gasteiger partial charge in [-0.15, -0.1) is 12.8 Å². The molecule has 344 valence electrons. The maximum atomic E-state index is 13.3. The van der Waals surface area contributed by atoms with Crippen molar-refractivity contribution in [1.29, 1.82) is 0 Å². The SMILES string of the molecule is C#C.CC.CC(C)C.CC(C)C.O=C(NCc1ncc(-c2ccc(-c3ccc(-c4cnc(CNC(=O)C5(C6(O)CCOCC6)CCC5)[nH]4)cc3)cc2)[nH]1)C1(C2CCOCC2)CCC1. The Balaban J connectivity index is 0.000000656. The molecule has 0 bridgehead atoms. The lowest BCUT2D eigenvalue weighted by atomic mass is 9.56. The Kier molecular flexibility index (Phi) is 19.7. The first-order valence-corrected chi connectivity index (χ1v) is 23.4. The van der Waals surface area contributed by atoms with E-state index in [2.05, 4.69) is 133 Å². The minimum absolute atomic E-state index is 0.0915. The Morgan fingerprint density at radius 3 is 1.41 bits per heavy atom. The van der Waals surface area contributed by atoms with Crippen LogP contribution in [0.2, 0.25) is 0 Å². The molecule has 2 saturated heterocycles. The summed E-state index contributed by atoms with van der Waals surface area (Å²) in [6, 6.07) is 16.7. The topological polar surface area (TPSA) is 154 Å². The zero-order valence-corrected chi connectivity index (χ0v) is 39.4. The number of rotatable bonds is 11. The summed E-state index contributed by atoms with van der Waals surface area (Å²) in [7, 11) is 0. The molecule has 4 fully saturated rings. The first kappa shape index (κ1) is 50.9. The molecule has 0 radical (unpaired) electrons. The second-order valence-electron chi connectivity index (χ2n) is 18.4. The van der Waals surface area contributed by atoms with Crippen molar-refractivity contribution in [1.82, 2.24) is 30.6 Å². The number of imidazole rings is 2. The summed E-state index contributed by atoms with van der Waals surface area (Å²) in [4.78, 5) is 42.4. The number of benzene rings is 2. The van der Waals surface area contributed by atoms with Crippen LogP contribution < -0.4 is 10.6 Å². The van der Waals surface area contributed by atoms with Gasteiger partial charge in [0.15, 0.2) is 0 Å². The normalized spacial score (nSPS) is 18.2. The molecule has 2 aromatic carbocycles. The maximum absolute atomic E-state index is 13.3. The second kappa shape index (κ2) is 24.3. The van der Waals surface area contributed by atoms with Gasteiger partial charge in [0.1, 0.15) is 11.6 Å². The summed E-state index contributed by atoms with van der Waals surface area (Å²) >= 11 is 0. The van der Waals surface area contributed by atoms with E-state index in [1.807, 2.05) is 20.0 Å². The molecule has 4 aromatic rings. The number of ether oxygens (including phenoxy) is 2. The molecule has 11 nitrogen and oxygen atoms in total. The van der Waals surface area contributed by atoms with Crippen LogP contribution >= 0.6 is 0 Å². The van der Waals surface area contributed by atoms with Crippen molar-refractivity contribution in [2.24, 2.45) is 28.6 Å². The predicted octanol–water partition coefficient (Wildman–Crippen LogP) is 10.3. The van der Waals surface area contributed by atoms with Gasteiger partial charge in [-0.2, -0.15) is 0 Å². The molecule has 0 unspecified atom stereocenters. The molecule has 2 aliphatic heterocycles. The monoisotopic (exact) mass is 865 g/mol. The van der Waals surface area contributed by atoms with Gasteiger partial charge in [0.2, 0.25) is 11.8 Å². The van der Waals surface area contributed by atoms with Crippen molar-refractivity contribution in [3.63, 3.8) is 0 Å². The molecule has 2 aromatic heterocycles. The Hall–Kier alpha value is -4.76. The van der Waals surface area contributed by atoms with Crippen molar-refractivity contribution in [2.75, 3.05) is 26.4 Å². The third-order valence-corrected chi connectivity index (χ3v) is 12.4. The van der Waals surface area contributed by atoms with Gasteiger partial charge in [0.25, 0.3) is 0 Å². The Morgan fingerprint density at radius 2 is 1.03 bits per heavy atom. The molecule has 63 heavy (non-hydrogen) atoms. The molecule has 2 aliphatic carbocycles. The number of nitrogens with zero attached hydrogens (tertiary/aromatic N) is 2. The molecule has 4 heterocycles. The van der Waals surface area contributed by atoms with E-state index in [4.69, 9.17) is 9.47 Å². The van der Waals surface area contributed by atoms with E-state index in [0.29, 0.717) is 57.2 Å². The molecule has 0 spiro atoms. The minimum Gasteiger partial charge on any atom is -0.389 e. The number of H-pyrrole nitrogens is 2. The fourth-order valence-corrected chi connectivity index (χ4v) is 8.81. The molecule has 8 rings (SSSR count). The highest BCUT2D eigenvalue weighted by atomic mass is 16.5. The van der Waals surface area contributed by atoms with Gasteiger partial charge < -0.3 is 35.2 Å². The number of aromatic amines is 2. The lowest BCUT2D eigenvalue weighted by molar-refractivity contribution is -0.186. The van der Waals surface area contributed by atoms with Gasteiger partial charge in [0, 0.05) is 39.3 Å². The molecule has 2 amide bonds. The fourth-order valence-electron chi connectivity index (χ4n) is 8.81. The Bertz CT molecular complexity index is 1960. The van der Waals surface area contributed by atoms with E-state index in [9.17, 15) is 14.7 Å². The second-order valence-corrected chi connectivity index (χ2v) is 18.4. The zero-order chi connectivity index (χ0) is 46.0. The van der Waals surface area contributed by atoms with Crippen LogP contribution in [-0.4, -0.2) is 68.9 Å². The summed E-state index contributed by atoms with van der Waals surface area (Å²) in [5.74, 6) is 3.57. The molecule has 11 heteroatoms. The summed E-state index contributed by atoms with van der Waals surface area (Å²) < 4.78 is 11.0. The quantitative estimate of drug-likeness (QED) is 0.0941. The first-order valence-electron chi connectivity index (χ1n) is 23.4. The van der Waals surface area contributed by atoms with Gasteiger partial charge in [-0.25, -0.2) is 9.97 Å². The van der Waals surface area contributed by atoms with Crippen molar-refractivity contribution < 1.29 is 24.2 Å². The molecule has 0 atom stereocenters. The number of aromatic nitrogens is 4. The van der Waals surface area contributed by atoms with Crippen molar-refractivity contribution >= 4 is 11.8 Å². The van der Waals surface area contributed by atoms with E-state index < -0.39 is 11.0 Å². The zero-order valence-electron chi connectivity index (χ0n) is 39.4. The number of carbonyl (C=O) groups is 2. The number of aliphatic hydroxyl groups is 1. The molecule has 5 N–H and O–H groups in total. The number of carbonyl (C=O) groups excluding carboxylic acids is 2. The van der Waals surface area contributed by atoms with E-state index in [0.717, 1.165) is 103 Å². The van der Waals surface area contributed by atoms with E-state index in [-0.39, 0.29) is 23.8 Å². The number of hydrogen-bond donors (Lipinski definition) is 5. The lowest BCUT2D eigenvalue weighted by Gasteiger charge is -2.53. The van der Waals surface area contributed by atoms with Gasteiger partial charge in [-0.3, -0.25) is 9.59 Å². The number of terminal acetylenes is 1. The van der Waals surface area contributed by atoms with Crippen LogP contribution in [0.4, 0.5) is 0 Å². The van der Waals surface area contributed by atoms with Gasteiger partial charge in [-0.05, 0) is 78.5 Å². The third-order valence-electron chi connectivity index (χ3n) is 12.4. The highest BCUT2D eigenvalue weighted by Crippen LogP contribution is 2.53. The largest absolute Gasteiger partial charge is 0.389 e. The minimum atomic E-state index is -1.00. The van der Waals surface area contributed by atoms with Gasteiger partial charge >= 0.3 is 0 Å². The average molecular weight is 865 g/mol. The lowest BCUT2D eigenvalue weighted by Crippen LogP contribution is -2.62. The summed E-state index contributed by atoms with van der Waals surface area (Å²) in [5, 5.41) is 17.6. The standard InChI is InChI=1S/C40H48N6O5.2C4H10.C2H6.C2H2/c47-36(38(13-1-14-38)31-11-19-50-20-12-31)43-25-34-41-23-32(45-34)29-7-3-27(4-8-29)28-5-9-30(10-6-28)33-24-42-35(46-33)26-44-37(48)39(15-2-16-39)40(49)17-21-51-22-18-40;2*1-4(2)3;2*1-2/h3-10,23-24,31,49H,1-2,11-22,25-26H2,(H,41,45)(H,42,46)(H,43,47)(H,44,48);2*4H,1-3H3;1-2H3;1-2H. The smallest absolute Gasteiger partial charge is 0.229 e. The molecule has 4 aliphatic rings. The average Bonchev–Trinajstić information content (AvgIpc) is 3.94. The van der Waals surface area contributed by atoms with Crippen molar-refractivity contribution in [3.8, 4) is 46.5 Å². The maximum Gasteiger partial charge on any atom is 0.229 e. The van der Waals surface area contributed by atoms with Crippen LogP contribution in [0.25, 0.3) is 33.6 Å². The Morgan fingerprint density at radius 1 is 0.651 bits per heavy atom. The van der Waals surface area contributed by atoms with E-state index >= 15 is 0 Å². The first-order chi connectivity index (χ1) is 30.3. The van der Waals surface area contributed by atoms with Gasteiger partial charge in [-0.1, -0.05) is 117 Å². The van der Waals surface area contributed by atoms with Crippen LogP contribution in [0, 0.1) is 41.4 Å². The molecular formula is C52H76N6O5. The van der Waals surface area contributed by atoms with Crippen LogP contribution in [0.15, 0.2) is 60.9 Å².